The summed E-state index contributed by atoms with van der Waals surface area (Å²) in [6, 6.07) is 4.26. The Hall–Kier alpha value is -1.29. The Balaban J connectivity index is 1.82. The molecule has 1 aliphatic carbocycles. The van der Waals surface area contributed by atoms with Crippen LogP contribution < -0.4 is 0 Å². The fourth-order valence-corrected chi connectivity index (χ4v) is 3.32. The molecule has 23 heavy (non-hydrogen) atoms. The summed E-state index contributed by atoms with van der Waals surface area (Å²) in [5.41, 5.74) is 0.803. The maximum atomic E-state index is 12.2. The number of carbonyl (C=O) groups is 1. The molecule has 1 aromatic rings. The van der Waals surface area contributed by atoms with Gasteiger partial charge in [0.25, 0.3) is 0 Å². The number of hydrogen-bond donors (Lipinski definition) is 0. The Morgan fingerprint density at radius 1 is 1.35 bits per heavy atom. The van der Waals surface area contributed by atoms with E-state index in [0.29, 0.717) is 11.1 Å². The third kappa shape index (κ3) is 5.69. The number of amides is 1. The molecule has 1 fully saturated rings. The largest absolute Gasteiger partial charge is 0.444 e. The molecular formula is C18H27ClN2O2. The van der Waals surface area contributed by atoms with Crippen LogP contribution in [0, 0.1) is 5.92 Å². The third-order valence-corrected chi connectivity index (χ3v) is 4.57. The van der Waals surface area contributed by atoms with E-state index in [1.807, 2.05) is 40.0 Å². The minimum atomic E-state index is -0.441. The van der Waals surface area contributed by atoms with Gasteiger partial charge < -0.3 is 9.64 Å². The monoisotopic (exact) mass is 338 g/mol. The first-order chi connectivity index (χ1) is 10.7. The smallest absolute Gasteiger partial charge is 0.410 e. The molecule has 1 saturated carbocycles. The van der Waals surface area contributed by atoms with Gasteiger partial charge in [-0.25, -0.2) is 9.78 Å². The summed E-state index contributed by atoms with van der Waals surface area (Å²) in [6.07, 6.45) is 6.88. The van der Waals surface area contributed by atoms with Crippen molar-refractivity contribution in [1.82, 2.24) is 9.88 Å². The van der Waals surface area contributed by atoms with Crippen molar-refractivity contribution in [1.29, 1.82) is 0 Å². The Kier molecular flexibility index (Phi) is 5.90. The fourth-order valence-electron chi connectivity index (χ4n) is 3.12. The summed E-state index contributed by atoms with van der Waals surface area (Å²) in [7, 11) is 1.85. The van der Waals surface area contributed by atoms with Gasteiger partial charge in [0, 0.05) is 19.3 Å². The molecule has 0 aliphatic heterocycles. The summed E-state index contributed by atoms with van der Waals surface area (Å²) < 4.78 is 5.45. The Morgan fingerprint density at radius 2 is 2.00 bits per heavy atom. The van der Waals surface area contributed by atoms with Crippen LogP contribution in [0.5, 0.6) is 0 Å². The van der Waals surface area contributed by atoms with Gasteiger partial charge in [0.1, 0.15) is 10.8 Å². The highest BCUT2D eigenvalue weighted by Crippen LogP contribution is 2.30. The lowest BCUT2D eigenvalue weighted by atomic mass is 9.82. The normalized spacial score (nSPS) is 21.8. The molecule has 1 aliphatic rings. The van der Waals surface area contributed by atoms with Gasteiger partial charge in [-0.05, 0) is 76.5 Å². The molecule has 5 heteroatoms. The first kappa shape index (κ1) is 18.1. The molecule has 0 unspecified atom stereocenters. The van der Waals surface area contributed by atoms with E-state index in [9.17, 15) is 4.79 Å². The van der Waals surface area contributed by atoms with E-state index in [4.69, 9.17) is 16.3 Å². The highest BCUT2D eigenvalue weighted by atomic mass is 35.5. The molecule has 0 aromatic carbocycles. The minimum Gasteiger partial charge on any atom is -0.444 e. The second-order valence-corrected chi connectivity index (χ2v) is 7.84. The summed E-state index contributed by atoms with van der Waals surface area (Å²) in [5, 5.41) is 0.556. The van der Waals surface area contributed by atoms with E-state index < -0.39 is 5.60 Å². The zero-order chi connectivity index (χ0) is 17.0. The molecule has 1 amide bonds. The van der Waals surface area contributed by atoms with Crippen molar-refractivity contribution in [3.63, 3.8) is 0 Å². The van der Waals surface area contributed by atoms with E-state index in [-0.39, 0.29) is 12.1 Å². The SMILES string of the molecule is CN(C(=O)OC(C)(C)C)C1CCC(Cc2ccnc(Cl)c2)CC1. The molecule has 0 radical (unpaired) electrons. The minimum absolute atomic E-state index is 0.220. The molecule has 4 nitrogen and oxygen atoms in total. The van der Waals surface area contributed by atoms with Crippen LogP contribution in [0.4, 0.5) is 4.79 Å². The van der Waals surface area contributed by atoms with Gasteiger partial charge in [0.2, 0.25) is 0 Å². The van der Waals surface area contributed by atoms with Crippen LogP contribution >= 0.6 is 11.6 Å². The number of nitrogens with zero attached hydrogens (tertiary/aromatic N) is 2. The number of halogens is 1. The molecule has 1 aromatic heterocycles. The van der Waals surface area contributed by atoms with Crippen LogP contribution in [0.15, 0.2) is 18.3 Å². The van der Waals surface area contributed by atoms with Crippen LogP contribution in [-0.4, -0.2) is 34.7 Å². The summed E-state index contributed by atoms with van der Waals surface area (Å²) >= 11 is 5.95. The van der Waals surface area contributed by atoms with Gasteiger partial charge in [-0.2, -0.15) is 0 Å². The topological polar surface area (TPSA) is 42.4 Å². The molecule has 0 saturated heterocycles. The number of pyridine rings is 1. The van der Waals surface area contributed by atoms with Crippen molar-refractivity contribution in [2.45, 2.75) is 64.5 Å². The standard InChI is InChI=1S/C18H27ClN2O2/c1-18(2,3)23-17(22)21(4)15-7-5-13(6-8-15)11-14-9-10-20-16(19)12-14/h9-10,12-13,15H,5-8,11H2,1-4H3. The third-order valence-electron chi connectivity index (χ3n) is 4.36. The molecule has 2 rings (SSSR count). The molecule has 0 N–H and O–H groups in total. The second-order valence-electron chi connectivity index (χ2n) is 7.46. The van der Waals surface area contributed by atoms with Gasteiger partial charge in [-0.1, -0.05) is 11.6 Å². The molecular weight excluding hydrogens is 312 g/mol. The number of aromatic nitrogens is 1. The predicted molar refractivity (Wildman–Crippen MR) is 92.7 cm³/mol. The van der Waals surface area contributed by atoms with Gasteiger partial charge in [0.15, 0.2) is 0 Å². The second kappa shape index (κ2) is 7.52. The maximum absolute atomic E-state index is 12.2. The Morgan fingerprint density at radius 3 is 2.57 bits per heavy atom. The van der Waals surface area contributed by atoms with Crippen molar-refractivity contribution in [2.75, 3.05) is 7.05 Å². The highest BCUT2D eigenvalue weighted by molar-refractivity contribution is 6.29. The van der Waals surface area contributed by atoms with E-state index in [0.717, 1.165) is 32.1 Å². The highest BCUT2D eigenvalue weighted by Gasteiger charge is 2.29. The summed E-state index contributed by atoms with van der Waals surface area (Å²) in [4.78, 5) is 17.9. The number of rotatable bonds is 3. The van der Waals surface area contributed by atoms with E-state index in [1.54, 1.807) is 11.1 Å². The maximum Gasteiger partial charge on any atom is 0.410 e. The first-order valence-electron chi connectivity index (χ1n) is 8.31. The van der Waals surface area contributed by atoms with E-state index >= 15 is 0 Å². The number of carbonyl (C=O) groups excluding carboxylic acids is 1. The molecule has 1 heterocycles. The zero-order valence-electron chi connectivity index (χ0n) is 14.5. The summed E-state index contributed by atoms with van der Waals surface area (Å²) in [5.74, 6) is 0.650. The van der Waals surface area contributed by atoms with E-state index in [1.165, 1.54) is 5.56 Å². The number of hydrogen-bond acceptors (Lipinski definition) is 3. The van der Waals surface area contributed by atoms with Crippen molar-refractivity contribution in [3.05, 3.63) is 29.0 Å². The van der Waals surface area contributed by atoms with Crippen LogP contribution in [0.1, 0.15) is 52.0 Å². The lowest BCUT2D eigenvalue weighted by molar-refractivity contribution is 0.0172. The van der Waals surface area contributed by atoms with Crippen molar-refractivity contribution in [2.24, 2.45) is 5.92 Å². The van der Waals surface area contributed by atoms with Crippen LogP contribution in [-0.2, 0) is 11.2 Å². The van der Waals surface area contributed by atoms with Crippen LogP contribution in [0.2, 0.25) is 5.15 Å². The average Bonchev–Trinajstić information content (AvgIpc) is 2.45. The lowest BCUT2D eigenvalue weighted by Crippen LogP contribution is -2.42. The fraction of sp³-hybridized carbons (Fsp3) is 0.667. The quantitative estimate of drug-likeness (QED) is 0.750. The number of ether oxygens (including phenoxy) is 1. The Bertz CT molecular complexity index is 534. The lowest BCUT2D eigenvalue weighted by Gasteiger charge is -2.35. The van der Waals surface area contributed by atoms with Crippen LogP contribution in [0.25, 0.3) is 0 Å². The van der Waals surface area contributed by atoms with Crippen molar-refractivity contribution in [3.8, 4) is 0 Å². The molecule has 0 bridgehead atoms. The van der Waals surface area contributed by atoms with E-state index in [2.05, 4.69) is 4.98 Å². The Labute approximate surface area is 144 Å². The summed E-state index contributed by atoms with van der Waals surface area (Å²) in [6.45, 7) is 5.69. The van der Waals surface area contributed by atoms with Gasteiger partial charge in [-0.3, -0.25) is 0 Å². The zero-order valence-corrected chi connectivity index (χ0v) is 15.3. The van der Waals surface area contributed by atoms with Gasteiger partial charge in [-0.15, -0.1) is 0 Å². The molecule has 128 valence electrons. The first-order valence-corrected chi connectivity index (χ1v) is 8.68. The van der Waals surface area contributed by atoms with Crippen molar-refractivity contribution < 1.29 is 9.53 Å². The van der Waals surface area contributed by atoms with Crippen LogP contribution in [0.3, 0.4) is 0 Å². The van der Waals surface area contributed by atoms with Crippen molar-refractivity contribution >= 4 is 17.7 Å². The van der Waals surface area contributed by atoms with Gasteiger partial charge in [0.05, 0.1) is 0 Å². The average molecular weight is 339 g/mol. The molecule has 0 spiro atoms. The van der Waals surface area contributed by atoms with Gasteiger partial charge >= 0.3 is 6.09 Å². The molecule has 0 atom stereocenters. The predicted octanol–water partition coefficient (Wildman–Crippen LogP) is 4.70.